The maximum absolute atomic E-state index is 11.9. The predicted octanol–water partition coefficient (Wildman–Crippen LogP) is 2.26. The molecule has 8 heteroatoms. The van der Waals surface area contributed by atoms with E-state index in [1.807, 2.05) is 6.07 Å². The molecule has 2 aromatic rings. The molecule has 0 aliphatic rings. The van der Waals surface area contributed by atoms with E-state index in [1.165, 1.54) is 42.7 Å². The Hall–Kier alpha value is -2.61. The van der Waals surface area contributed by atoms with Crippen LogP contribution >= 0.6 is 11.8 Å². The summed E-state index contributed by atoms with van der Waals surface area (Å²) in [6.45, 7) is 3.03. The highest BCUT2D eigenvalue weighted by Crippen LogP contribution is 2.17. The van der Waals surface area contributed by atoms with Gasteiger partial charge >= 0.3 is 5.97 Å². The number of thioether (sulfide) groups is 1. The minimum atomic E-state index is -1.21. The van der Waals surface area contributed by atoms with Crippen LogP contribution in [0.25, 0.3) is 0 Å². The van der Waals surface area contributed by atoms with Gasteiger partial charge in [-0.3, -0.25) is 14.3 Å². The molecule has 1 aromatic heterocycles. The lowest BCUT2D eigenvalue weighted by Crippen LogP contribution is -2.35. The standard InChI is InChI=1S/C17H19N3O4S/c1-17(2,16(23)24)20-9-13(8-18-20)19-15(22)11-25-10-14(21)12-6-4-3-5-7-12/h3-9H,10-11H2,1-2H3,(H,19,22)(H,23,24). The lowest BCUT2D eigenvalue weighted by molar-refractivity contribution is -0.146. The van der Waals surface area contributed by atoms with Crippen LogP contribution in [0.1, 0.15) is 24.2 Å². The summed E-state index contributed by atoms with van der Waals surface area (Å²) in [4.78, 5) is 35.1. The maximum atomic E-state index is 11.9. The van der Waals surface area contributed by atoms with E-state index >= 15 is 0 Å². The second-order valence-corrected chi connectivity index (χ2v) is 6.85. The minimum Gasteiger partial charge on any atom is -0.479 e. The summed E-state index contributed by atoms with van der Waals surface area (Å²) in [5.74, 6) is -1.01. The first-order chi connectivity index (χ1) is 11.8. The molecule has 1 amide bonds. The van der Waals surface area contributed by atoms with Gasteiger partial charge in [-0.05, 0) is 13.8 Å². The smallest absolute Gasteiger partial charge is 0.331 e. The number of carbonyl (C=O) groups is 3. The van der Waals surface area contributed by atoms with Gasteiger partial charge in [-0.25, -0.2) is 4.79 Å². The first-order valence-corrected chi connectivity index (χ1v) is 8.70. The van der Waals surface area contributed by atoms with E-state index < -0.39 is 11.5 Å². The second kappa shape index (κ2) is 7.98. The summed E-state index contributed by atoms with van der Waals surface area (Å²) < 4.78 is 1.27. The normalized spacial score (nSPS) is 11.1. The fourth-order valence-corrected chi connectivity index (χ4v) is 2.64. The summed E-state index contributed by atoms with van der Waals surface area (Å²) in [5, 5.41) is 15.8. The van der Waals surface area contributed by atoms with E-state index in [0.717, 1.165) is 0 Å². The van der Waals surface area contributed by atoms with Gasteiger partial charge in [-0.1, -0.05) is 30.3 Å². The molecular weight excluding hydrogens is 342 g/mol. The maximum Gasteiger partial charge on any atom is 0.331 e. The van der Waals surface area contributed by atoms with Crippen LogP contribution in [0.4, 0.5) is 5.69 Å². The van der Waals surface area contributed by atoms with Crippen molar-refractivity contribution in [3.8, 4) is 0 Å². The molecular formula is C17H19N3O4S. The fourth-order valence-electron chi connectivity index (χ4n) is 1.93. The van der Waals surface area contributed by atoms with E-state index in [1.54, 1.807) is 24.3 Å². The Morgan fingerprint density at radius 3 is 2.52 bits per heavy atom. The lowest BCUT2D eigenvalue weighted by atomic mass is 10.1. The van der Waals surface area contributed by atoms with Crippen LogP contribution in [0.2, 0.25) is 0 Å². The summed E-state index contributed by atoms with van der Waals surface area (Å²) in [6.07, 6.45) is 2.86. The van der Waals surface area contributed by atoms with E-state index in [2.05, 4.69) is 10.4 Å². The molecule has 0 fully saturated rings. The van der Waals surface area contributed by atoms with Crippen LogP contribution in [-0.4, -0.2) is 44.1 Å². The molecule has 0 bridgehead atoms. The predicted molar refractivity (Wildman–Crippen MR) is 95.9 cm³/mol. The SMILES string of the molecule is CC(C)(C(=O)O)n1cc(NC(=O)CSCC(=O)c2ccccc2)cn1. The van der Waals surface area contributed by atoms with Crippen molar-refractivity contribution in [3.63, 3.8) is 0 Å². The van der Waals surface area contributed by atoms with Gasteiger partial charge < -0.3 is 10.4 Å². The van der Waals surface area contributed by atoms with Crippen LogP contribution in [0.15, 0.2) is 42.7 Å². The van der Waals surface area contributed by atoms with Crippen molar-refractivity contribution in [2.45, 2.75) is 19.4 Å². The highest BCUT2D eigenvalue weighted by atomic mass is 32.2. The van der Waals surface area contributed by atoms with Crippen LogP contribution in [0.5, 0.6) is 0 Å². The summed E-state index contributed by atoms with van der Waals surface area (Å²) in [7, 11) is 0. The molecule has 0 radical (unpaired) electrons. The average molecular weight is 361 g/mol. The van der Waals surface area contributed by atoms with Gasteiger partial charge in [-0.2, -0.15) is 5.10 Å². The zero-order chi connectivity index (χ0) is 18.4. The number of aliphatic carboxylic acids is 1. The molecule has 0 saturated heterocycles. The third-order valence-corrected chi connectivity index (χ3v) is 4.46. The number of aromatic nitrogens is 2. The molecule has 0 spiro atoms. The van der Waals surface area contributed by atoms with Gasteiger partial charge in [0.05, 0.1) is 23.4 Å². The van der Waals surface area contributed by atoms with Crippen molar-refractivity contribution in [2.24, 2.45) is 0 Å². The number of anilines is 1. The number of carboxylic acid groups (broad SMARTS) is 1. The Bertz CT molecular complexity index is 771. The van der Waals surface area contributed by atoms with E-state index in [9.17, 15) is 14.4 Å². The Morgan fingerprint density at radius 1 is 1.20 bits per heavy atom. The van der Waals surface area contributed by atoms with Crippen molar-refractivity contribution in [3.05, 3.63) is 48.3 Å². The Balaban J connectivity index is 1.82. The van der Waals surface area contributed by atoms with Crippen molar-refractivity contribution in [1.82, 2.24) is 9.78 Å². The number of nitrogens with one attached hydrogen (secondary N) is 1. The van der Waals surface area contributed by atoms with Crippen LogP contribution in [0, 0.1) is 0 Å². The average Bonchev–Trinajstić information content (AvgIpc) is 3.04. The van der Waals surface area contributed by atoms with E-state index in [-0.39, 0.29) is 23.2 Å². The molecule has 0 saturated carbocycles. The summed E-state index contributed by atoms with van der Waals surface area (Å²) >= 11 is 1.22. The number of hydrogen-bond donors (Lipinski definition) is 2. The molecule has 0 aliphatic carbocycles. The van der Waals surface area contributed by atoms with Crippen molar-refractivity contribution >= 4 is 35.1 Å². The zero-order valence-electron chi connectivity index (χ0n) is 13.9. The highest BCUT2D eigenvalue weighted by molar-refractivity contribution is 8.00. The van der Waals surface area contributed by atoms with Gasteiger partial charge in [0.25, 0.3) is 0 Å². The van der Waals surface area contributed by atoms with Crippen molar-refractivity contribution < 1.29 is 19.5 Å². The number of amides is 1. The second-order valence-electron chi connectivity index (χ2n) is 5.87. The number of hydrogen-bond acceptors (Lipinski definition) is 5. The first kappa shape index (κ1) is 18.7. The third kappa shape index (κ3) is 4.93. The monoisotopic (exact) mass is 361 g/mol. The summed E-state index contributed by atoms with van der Waals surface area (Å²) in [6, 6.07) is 8.90. The first-order valence-electron chi connectivity index (χ1n) is 7.55. The molecule has 0 unspecified atom stereocenters. The molecule has 132 valence electrons. The molecule has 1 aromatic carbocycles. The number of carboxylic acids is 1. The van der Waals surface area contributed by atoms with Crippen molar-refractivity contribution in [1.29, 1.82) is 0 Å². The van der Waals surface area contributed by atoms with Gasteiger partial charge in [0, 0.05) is 11.8 Å². The number of rotatable bonds is 8. The van der Waals surface area contributed by atoms with Crippen LogP contribution in [0.3, 0.4) is 0 Å². The lowest BCUT2D eigenvalue weighted by Gasteiger charge is -2.19. The Kier molecular flexibility index (Phi) is 5.97. The fraction of sp³-hybridized carbons (Fsp3) is 0.294. The minimum absolute atomic E-state index is 0.0329. The number of carbonyl (C=O) groups excluding carboxylic acids is 2. The number of Topliss-reactive ketones (excluding diaryl/α,β-unsaturated/α-hetero) is 1. The van der Waals surface area contributed by atoms with Gasteiger partial charge in [0.2, 0.25) is 5.91 Å². The van der Waals surface area contributed by atoms with E-state index in [0.29, 0.717) is 11.3 Å². The topological polar surface area (TPSA) is 101 Å². The van der Waals surface area contributed by atoms with Crippen molar-refractivity contribution in [2.75, 3.05) is 16.8 Å². The van der Waals surface area contributed by atoms with Gasteiger partial charge in [0.1, 0.15) is 0 Å². The molecule has 0 aliphatic heterocycles. The molecule has 2 rings (SSSR count). The quantitative estimate of drug-likeness (QED) is 0.700. The van der Waals surface area contributed by atoms with Gasteiger partial charge in [0.15, 0.2) is 11.3 Å². The zero-order valence-corrected chi connectivity index (χ0v) is 14.7. The van der Waals surface area contributed by atoms with Crippen LogP contribution < -0.4 is 5.32 Å². The Morgan fingerprint density at radius 2 is 1.88 bits per heavy atom. The molecule has 25 heavy (non-hydrogen) atoms. The third-order valence-electron chi connectivity index (χ3n) is 3.52. The number of nitrogens with zero attached hydrogens (tertiary/aromatic N) is 2. The Labute approximate surface area is 149 Å². The van der Waals surface area contributed by atoms with Gasteiger partial charge in [-0.15, -0.1) is 11.8 Å². The number of benzene rings is 1. The highest BCUT2D eigenvalue weighted by Gasteiger charge is 2.30. The molecule has 7 nitrogen and oxygen atoms in total. The molecule has 2 N–H and O–H groups in total. The van der Waals surface area contributed by atoms with Crippen LogP contribution in [-0.2, 0) is 15.1 Å². The summed E-state index contributed by atoms with van der Waals surface area (Å²) in [5.41, 5.74) is -0.179. The largest absolute Gasteiger partial charge is 0.479 e. The molecule has 1 heterocycles. The molecule has 0 atom stereocenters. The number of ketones is 1. The van der Waals surface area contributed by atoms with E-state index in [4.69, 9.17) is 5.11 Å².